The molecule has 0 spiro atoms. The van der Waals surface area contributed by atoms with E-state index in [9.17, 15) is 27.9 Å². The van der Waals surface area contributed by atoms with Crippen LogP contribution >= 0.6 is 11.3 Å². The summed E-state index contributed by atoms with van der Waals surface area (Å²) in [6.07, 6.45) is -3.45. The molecule has 6 nitrogen and oxygen atoms in total. The number of aryl methyl sites for hydroxylation is 1. The number of hydrogen-bond donors (Lipinski definition) is 2. The van der Waals surface area contributed by atoms with E-state index in [0.717, 1.165) is 22.2 Å². The van der Waals surface area contributed by atoms with Crippen LogP contribution in [0.3, 0.4) is 0 Å². The third kappa shape index (κ3) is 4.43. The number of anilines is 1. The molecule has 0 fully saturated rings. The smallest absolute Gasteiger partial charge is 0.435 e. The molecule has 0 aliphatic heterocycles. The molecule has 0 aliphatic carbocycles. The number of aromatic nitrogens is 2. The molecule has 0 aromatic carbocycles. The van der Waals surface area contributed by atoms with Gasteiger partial charge < -0.3 is 10.4 Å². The van der Waals surface area contributed by atoms with Crippen LogP contribution in [0, 0.1) is 5.92 Å². The quantitative estimate of drug-likeness (QED) is 0.783. The predicted molar refractivity (Wildman–Crippen MR) is 90.3 cm³/mol. The molecule has 1 amide bonds. The van der Waals surface area contributed by atoms with Crippen molar-refractivity contribution in [3.05, 3.63) is 33.8 Å². The molecule has 0 saturated heterocycles. The molecule has 0 saturated carbocycles. The molecule has 2 aromatic rings. The van der Waals surface area contributed by atoms with Crippen molar-refractivity contribution in [1.29, 1.82) is 0 Å². The first-order valence-corrected chi connectivity index (χ1v) is 8.61. The number of carboxylic acids is 1. The number of rotatable bonds is 6. The molecule has 1 atom stereocenters. The zero-order valence-electron chi connectivity index (χ0n) is 14.3. The van der Waals surface area contributed by atoms with Gasteiger partial charge in [-0.2, -0.15) is 18.3 Å². The maximum absolute atomic E-state index is 13.0. The van der Waals surface area contributed by atoms with Gasteiger partial charge in [0.25, 0.3) is 5.91 Å². The number of hydrogen-bond acceptors (Lipinski definition) is 4. The highest BCUT2D eigenvalue weighted by molar-refractivity contribution is 7.10. The number of carboxylic acid groups (broad SMARTS) is 1. The lowest BCUT2D eigenvalue weighted by molar-refractivity contribution is -0.142. The van der Waals surface area contributed by atoms with Crippen molar-refractivity contribution in [3.63, 3.8) is 0 Å². The second-order valence-electron chi connectivity index (χ2n) is 6.24. The number of carbonyl (C=O) groups excluding carboxylic acids is 1. The Balaban J connectivity index is 2.32. The van der Waals surface area contributed by atoms with Gasteiger partial charge in [0.1, 0.15) is 0 Å². The summed E-state index contributed by atoms with van der Waals surface area (Å²) in [4.78, 5) is 24.3. The molecule has 2 rings (SSSR count). The third-order valence-electron chi connectivity index (χ3n) is 3.61. The Hall–Kier alpha value is -2.36. The summed E-state index contributed by atoms with van der Waals surface area (Å²) in [5.41, 5.74) is -1.70. The van der Waals surface area contributed by atoms with Gasteiger partial charge in [0, 0.05) is 18.1 Å². The molecule has 1 unspecified atom stereocenters. The standard InChI is InChI=1S/C16H18F3N3O3S/c1-8(2)6-9(15(24)25)12-11(4-5-26-12)20-14(23)10-7-22(3)21-13(10)16(17,18)19/h4-5,7-9H,6H2,1-3H3,(H,20,23)(H,24,25). The summed E-state index contributed by atoms with van der Waals surface area (Å²) in [6.45, 7) is 3.74. The topological polar surface area (TPSA) is 84.2 Å². The van der Waals surface area contributed by atoms with Gasteiger partial charge in [-0.3, -0.25) is 14.3 Å². The van der Waals surface area contributed by atoms with Crippen LogP contribution in [0.15, 0.2) is 17.6 Å². The van der Waals surface area contributed by atoms with Crippen molar-refractivity contribution in [3.8, 4) is 0 Å². The predicted octanol–water partition coefficient (Wildman–Crippen LogP) is 3.97. The van der Waals surface area contributed by atoms with Gasteiger partial charge >= 0.3 is 12.1 Å². The van der Waals surface area contributed by atoms with E-state index in [1.807, 2.05) is 13.8 Å². The van der Waals surface area contributed by atoms with E-state index in [2.05, 4.69) is 10.4 Å². The minimum absolute atomic E-state index is 0.0944. The van der Waals surface area contributed by atoms with Crippen molar-refractivity contribution in [1.82, 2.24) is 9.78 Å². The largest absolute Gasteiger partial charge is 0.481 e. The summed E-state index contributed by atoms with van der Waals surface area (Å²) in [6, 6.07) is 1.48. The van der Waals surface area contributed by atoms with Crippen molar-refractivity contribution < 1.29 is 27.9 Å². The molecule has 0 aliphatic rings. The van der Waals surface area contributed by atoms with E-state index in [1.165, 1.54) is 13.1 Å². The van der Waals surface area contributed by atoms with Crippen LogP contribution in [0.5, 0.6) is 0 Å². The van der Waals surface area contributed by atoms with Gasteiger partial charge in [-0.1, -0.05) is 13.8 Å². The fraction of sp³-hybridized carbons (Fsp3) is 0.438. The Morgan fingerprint density at radius 3 is 2.58 bits per heavy atom. The molecular weight excluding hydrogens is 371 g/mol. The number of aliphatic carboxylic acids is 1. The maximum atomic E-state index is 13.0. The average molecular weight is 389 g/mol. The molecule has 2 N–H and O–H groups in total. The molecule has 0 radical (unpaired) electrons. The summed E-state index contributed by atoms with van der Waals surface area (Å²) in [7, 11) is 1.28. The van der Waals surface area contributed by atoms with E-state index in [0.29, 0.717) is 11.3 Å². The molecule has 26 heavy (non-hydrogen) atoms. The van der Waals surface area contributed by atoms with Crippen LogP contribution in [0.4, 0.5) is 18.9 Å². The van der Waals surface area contributed by atoms with Crippen molar-refractivity contribution in [2.45, 2.75) is 32.4 Å². The Morgan fingerprint density at radius 1 is 1.38 bits per heavy atom. The first kappa shape index (κ1) is 20.0. The Labute approximate surface area is 151 Å². The first-order valence-electron chi connectivity index (χ1n) is 7.73. The third-order valence-corrected chi connectivity index (χ3v) is 4.64. The highest BCUT2D eigenvalue weighted by Crippen LogP contribution is 2.36. The van der Waals surface area contributed by atoms with Gasteiger partial charge in [-0.05, 0) is 23.8 Å². The Kier molecular flexibility index (Phi) is 5.74. The molecule has 2 aromatic heterocycles. The van der Waals surface area contributed by atoms with E-state index in [-0.39, 0.29) is 11.6 Å². The van der Waals surface area contributed by atoms with E-state index < -0.39 is 35.2 Å². The second kappa shape index (κ2) is 7.48. The number of nitrogens with zero attached hydrogens (tertiary/aromatic N) is 2. The van der Waals surface area contributed by atoms with Gasteiger partial charge in [0.2, 0.25) is 0 Å². The van der Waals surface area contributed by atoms with Gasteiger partial charge in [-0.15, -0.1) is 11.3 Å². The summed E-state index contributed by atoms with van der Waals surface area (Å²) < 4.78 is 40.0. The van der Waals surface area contributed by atoms with Crippen LogP contribution in [-0.4, -0.2) is 26.8 Å². The lowest BCUT2D eigenvalue weighted by Crippen LogP contribution is -2.19. The molecule has 10 heteroatoms. The van der Waals surface area contributed by atoms with Crippen LogP contribution < -0.4 is 5.32 Å². The van der Waals surface area contributed by atoms with Crippen molar-refractivity contribution in [2.75, 3.05) is 5.32 Å². The highest BCUT2D eigenvalue weighted by atomic mass is 32.1. The summed E-state index contributed by atoms with van der Waals surface area (Å²) in [5.74, 6) is -2.79. The molecule has 2 heterocycles. The first-order chi connectivity index (χ1) is 12.0. The zero-order valence-corrected chi connectivity index (χ0v) is 15.1. The number of carbonyl (C=O) groups is 2. The van der Waals surface area contributed by atoms with E-state index >= 15 is 0 Å². The van der Waals surface area contributed by atoms with Crippen molar-refractivity contribution in [2.24, 2.45) is 13.0 Å². The fourth-order valence-corrected chi connectivity index (χ4v) is 3.50. The number of nitrogens with one attached hydrogen (secondary N) is 1. The van der Waals surface area contributed by atoms with Gasteiger partial charge in [-0.25, -0.2) is 0 Å². The minimum atomic E-state index is -4.77. The van der Waals surface area contributed by atoms with Gasteiger partial charge in [0.05, 0.1) is 17.2 Å². The van der Waals surface area contributed by atoms with Crippen LogP contribution in [-0.2, 0) is 18.0 Å². The van der Waals surface area contributed by atoms with E-state index in [1.54, 1.807) is 5.38 Å². The van der Waals surface area contributed by atoms with E-state index in [4.69, 9.17) is 0 Å². The fourth-order valence-electron chi connectivity index (χ4n) is 2.54. The zero-order chi connectivity index (χ0) is 19.6. The summed E-state index contributed by atoms with van der Waals surface area (Å²) in [5, 5.41) is 16.7. The second-order valence-corrected chi connectivity index (χ2v) is 7.18. The lowest BCUT2D eigenvalue weighted by Gasteiger charge is -2.16. The van der Waals surface area contributed by atoms with Gasteiger partial charge in [0.15, 0.2) is 5.69 Å². The number of halogens is 3. The number of amides is 1. The number of thiophene rings is 1. The Morgan fingerprint density at radius 2 is 2.04 bits per heavy atom. The minimum Gasteiger partial charge on any atom is -0.481 e. The summed E-state index contributed by atoms with van der Waals surface area (Å²) >= 11 is 1.14. The average Bonchev–Trinajstić information content (AvgIpc) is 3.10. The lowest BCUT2D eigenvalue weighted by atomic mass is 9.95. The monoisotopic (exact) mass is 389 g/mol. The van der Waals surface area contributed by atoms with Crippen LogP contribution in [0.2, 0.25) is 0 Å². The molecule has 142 valence electrons. The van der Waals surface area contributed by atoms with Crippen molar-refractivity contribution >= 4 is 28.9 Å². The molecular formula is C16H18F3N3O3S. The normalized spacial score (nSPS) is 13.0. The van der Waals surface area contributed by atoms with Crippen LogP contribution in [0.1, 0.15) is 47.1 Å². The number of alkyl halides is 3. The SMILES string of the molecule is CC(C)CC(C(=O)O)c1sccc1NC(=O)c1cn(C)nc1C(F)(F)F. The highest BCUT2D eigenvalue weighted by Gasteiger charge is 2.39. The molecule has 0 bridgehead atoms. The Bertz CT molecular complexity index is 811. The van der Waals surface area contributed by atoms with Crippen LogP contribution in [0.25, 0.3) is 0 Å². The maximum Gasteiger partial charge on any atom is 0.435 e.